The predicted octanol–water partition coefficient (Wildman–Crippen LogP) is 5.88. The number of alkyl halides is 3. The van der Waals surface area contributed by atoms with Gasteiger partial charge in [0, 0.05) is 17.7 Å². The minimum atomic E-state index is -4.46. The van der Waals surface area contributed by atoms with E-state index in [4.69, 9.17) is 4.42 Å². The molecule has 0 aliphatic carbocycles. The van der Waals surface area contributed by atoms with Crippen molar-refractivity contribution in [3.8, 4) is 11.5 Å². The molecule has 0 saturated heterocycles. The van der Waals surface area contributed by atoms with Crippen molar-refractivity contribution in [1.29, 1.82) is 0 Å². The van der Waals surface area contributed by atoms with Crippen LogP contribution in [0.2, 0.25) is 0 Å². The molecule has 4 aromatic rings. The summed E-state index contributed by atoms with van der Waals surface area (Å²) in [4.78, 5) is 17.0. The van der Waals surface area contributed by atoms with E-state index in [1.54, 1.807) is 43.3 Å². The number of sulfone groups is 1. The van der Waals surface area contributed by atoms with Crippen molar-refractivity contribution in [3.63, 3.8) is 0 Å². The second-order valence-electron chi connectivity index (χ2n) is 8.55. The monoisotopic (exact) mass is 528 g/mol. The SMILES string of the molecule is Cc1ccc(S(=O)(=O)Cc2nc(-c3ccc(C(=O)NCc4cccc(C(F)(F)F)c4)cc3)oc2C)cc1. The Balaban J connectivity index is 1.43. The van der Waals surface area contributed by atoms with Gasteiger partial charge in [0.1, 0.15) is 11.5 Å². The Bertz CT molecular complexity index is 1530. The number of aryl methyl sites for hydroxylation is 2. The lowest BCUT2D eigenvalue weighted by atomic mass is 10.1. The molecule has 0 unspecified atom stereocenters. The fourth-order valence-corrected chi connectivity index (χ4v) is 4.95. The van der Waals surface area contributed by atoms with Crippen LogP contribution in [0.1, 0.15) is 38.5 Å². The average molecular weight is 529 g/mol. The van der Waals surface area contributed by atoms with Crippen LogP contribution in [0.15, 0.2) is 82.1 Å². The Hall–Kier alpha value is -3.92. The van der Waals surface area contributed by atoms with Gasteiger partial charge in [-0.15, -0.1) is 0 Å². The number of nitrogens with zero attached hydrogens (tertiary/aromatic N) is 1. The first kappa shape index (κ1) is 26.2. The van der Waals surface area contributed by atoms with E-state index in [-0.39, 0.29) is 23.1 Å². The van der Waals surface area contributed by atoms with Crippen LogP contribution in [0.3, 0.4) is 0 Å². The molecule has 0 aliphatic rings. The van der Waals surface area contributed by atoms with Gasteiger partial charge in [-0.3, -0.25) is 4.79 Å². The molecule has 10 heteroatoms. The number of halogens is 3. The quantitative estimate of drug-likeness (QED) is 0.324. The first-order valence-corrected chi connectivity index (χ1v) is 12.9. The first-order chi connectivity index (χ1) is 17.4. The zero-order valence-electron chi connectivity index (χ0n) is 20.0. The number of nitrogens with one attached hydrogen (secondary N) is 1. The average Bonchev–Trinajstić information content (AvgIpc) is 3.22. The lowest BCUT2D eigenvalue weighted by Crippen LogP contribution is -2.23. The number of hydrogen-bond donors (Lipinski definition) is 1. The molecule has 1 aromatic heterocycles. The third kappa shape index (κ3) is 6.26. The molecular formula is C27H23F3N2O4S. The second-order valence-corrected chi connectivity index (χ2v) is 10.5. The van der Waals surface area contributed by atoms with Crippen LogP contribution in [0.4, 0.5) is 13.2 Å². The Labute approximate surface area is 212 Å². The maximum Gasteiger partial charge on any atom is 0.416 e. The standard InChI is InChI=1S/C27H23F3N2O4S/c1-17-6-12-23(13-7-17)37(34,35)16-24-18(2)36-26(32-24)21-10-8-20(9-11-21)25(33)31-15-19-4-3-5-22(14-19)27(28,29)30/h3-14H,15-16H2,1-2H3,(H,31,33). The van der Waals surface area contributed by atoms with Crippen LogP contribution in [0, 0.1) is 13.8 Å². The summed E-state index contributed by atoms with van der Waals surface area (Å²) in [6.45, 7) is 3.43. The maximum absolute atomic E-state index is 12.9. The Kier molecular flexibility index (Phi) is 7.22. The molecule has 1 amide bonds. The molecule has 1 N–H and O–H groups in total. The van der Waals surface area contributed by atoms with Gasteiger partial charge in [-0.2, -0.15) is 13.2 Å². The Morgan fingerprint density at radius 3 is 2.30 bits per heavy atom. The number of benzene rings is 3. The Morgan fingerprint density at radius 1 is 0.973 bits per heavy atom. The normalized spacial score (nSPS) is 11.9. The van der Waals surface area contributed by atoms with Crippen molar-refractivity contribution in [2.24, 2.45) is 0 Å². The molecule has 0 radical (unpaired) electrons. The summed E-state index contributed by atoms with van der Waals surface area (Å²) in [6, 6.07) is 17.6. The van der Waals surface area contributed by atoms with Crippen LogP contribution in [-0.2, 0) is 28.3 Å². The fraction of sp³-hybridized carbons (Fsp3) is 0.185. The third-order valence-corrected chi connectivity index (χ3v) is 7.34. The minimum Gasteiger partial charge on any atom is -0.441 e. The van der Waals surface area contributed by atoms with Crippen LogP contribution in [0.5, 0.6) is 0 Å². The Morgan fingerprint density at radius 2 is 1.65 bits per heavy atom. The van der Waals surface area contributed by atoms with Gasteiger partial charge in [0.15, 0.2) is 9.84 Å². The van der Waals surface area contributed by atoms with Crippen LogP contribution >= 0.6 is 0 Å². The summed E-state index contributed by atoms with van der Waals surface area (Å²) in [7, 11) is -3.62. The molecule has 0 spiro atoms. The third-order valence-electron chi connectivity index (χ3n) is 5.70. The number of oxazole rings is 1. The van der Waals surface area contributed by atoms with Gasteiger partial charge in [-0.1, -0.05) is 29.8 Å². The van der Waals surface area contributed by atoms with E-state index in [9.17, 15) is 26.4 Å². The van der Waals surface area contributed by atoms with E-state index in [1.165, 1.54) is 24.3 Å². The predicted molar refractivity (Wildman–Crippen MR) is 131 cm³/mol. The highest BCUT2D eigenvalue weighted by molar-refractivity contribution is 7.90. The van der Waals surface area contributed by atoms with Crippen molar-refractivity contribution in [3.05, 3.63) is 107 Å². The summed E-state index contributed by atoms with van der Waals surface area (Å²) < 4.78 is 69.9. The highest BCUT2D eigenvalue weighted by Crippen LogP contribution is 2.29. The van der Waals surface area contributed by atoms with Gasteiger partial charge in [-0.05, 0) is 67.9 Å². The van der Waals surface area contributed by atoms with Gasteiger partial charge in [0.2, 0.25) is 5.89 Å². The van der Waals surface area contributed by atoms with E-state index in [1.807, 2.05) is 6.92 Å². The maximum atomic E-state index is 12.9. The number of aromatic nitrogens is 1. The molecule has 0 fully saturated rings. The number of amides is 1. The van der Waals surface area contributed by atoms with E-state index < -0.39 is 27.5 Å². The molecule has 1 heterocycles. The van der Waals surface area contributed by atoms with Crippen LogP contribution < -0.4 is 5.32 Å². The lowest BCUT2D eigenvalue weighted by Gasteiger charge is -2.10. The molecule has 192 valence electrons. The fourth-order valence-electron chi connectivity index (χ4n) is 3.60. The summed E-state index contributed by atoms with van der Waals surface area (Å²) in [6.07, 6.45) is -4.46. The topological polar surface area (TPSA) is 89.3 Å². The summed E-state index contributed by atoms with van der Waals surface area (Å²) >= 11 is 0. The van der Waals surface area contributed by atoms with Crippen molar-refractivity contribution in [1.82, 2.24) is 10.3 Å². The summed E-state index contributed by atoms with van der Waals surface area (Å²) in [5.74, 6) is -0.199. The number of carbonyl (C=O) groups is 1. The highest BCUT2D eigenvalue weighted by atomic mass is 32.2. The van der Waals surface area contributed by atoms with Crippen LogP contribution in [0.25, 0.3) is 11.5 Å². The number of rotatable bonds is 7. The van der Waals surface area contributed by atoms with Gasteiger partial charge < -0.3 is 9.73 Å². The zero-order valence-corrected chi connectivity index (χ0v) is 20.8. The highest BCUT2D eigenvalue weighted by Gasteiger charge is 2.30. The van der Waals surface area contributed by atoms with Crippen molar-refractivity contribution >= 4 is 15.7 Å². The van der Waals surface area contributed by atoms with E-state index in [2.05, 4.69) is 10.3 Å². The largest absolute Gasteiger partial charge is 0.441 e. The van der Waals surface area contributed by atoms with E-state index in [0.29, 0.717) is 28.1 Å². The lowest BCUT2D eigenvalue weighted by molar-refractivity contribution is -0.137. The summed E-state index contributed by atoms with van der Waals surface area (Å²) in [5, 5.41) is 2.60. The zero-order chi connectivity index (χ0) is 26.8. The number of hydrogen-bond acceptors (Lipinski definition) is 5. The molecule has 4 rings (SSSR count). The second kappa shape index (κ2) is 10.2. The van der Waals surface area contributed by atoms with E-state index >= 15 is 0 Å². The van der Waals surface area contributed by atoms with Crippen molar-refractivity contribution in [2.45, 2.75) is 37.2 Å². The van der Waals surface area contributed by atoms with Gasteiger partial charge in [0.25, 0.3) is 5.91 Å². The van der Waals surface area contributed by atoms with Gasteiger partial charge >= 0.3 is 6.18 Å². The van der Waals surface area contributed by atoms with Crippen molar-refractivity contribution in [2.75, 3.05) is 0 Å². The molecule has 0 bridgehead atoms. The molecule has 0 saturated carbocycles. The molecule has 0 atom stereocenters. The molecule has 37 heavy (non-hydrogen) atoms. The van der Waals surface area contributed by atoms with E-state index in [0.717, 1.165) is 17.7 Å². The molecule has 0 aliphatic heterocycles. The summed E-state index contributed by atoms with van der Waals surface area (Å²) in [5.41, 5.74) is 1.61. The smallest absolute Gasteiger partial charge is 0.416 e. The van der Waals surface area contributed by atoms with Crippen LogP contribution in [-0.4, -0.2) is 19.3 Å². The molecular weight excluding hydrogens is 505 g/mol. The van der Waals surface area contributed by atoms with Gasteiger partial charge in [-0.25, -0.2) is 13.4 Å². The molecule has 6 nitrogen and oxygen atoms in total. The molecule has 3 aromatic carbocycles. The minimum absolute atomic E-state index is 0.0672. The first-order valence-electron chi connectivity index (χ1n) is 11.2. The van der Waals surface area contributed by atoms with Crippen molar-refractivity contribution < 1.29 is 30.8 Å². The number of carbonyl (C=O) groups excluding carboxylic acids is 1. The van der Waals surface area contributed by atoms with Gasteiger partial charge in [0.05, 0.1) is 16.2 Å².